The molecule has 0 aliphatic heterocycles. The Morgan fingerprint density at radius 2 is 2.12 bits per heavy atom. The number of rotatable bonds is 7. The van der Waals surface area contributed by atoms with Gasteiger partial charge in [-0.15, -0.1) is 6.58 Å². The molecule has 0 radical (unpaired) electrons. The first-order valence-corrected chi connectivity index (χ1v) is 5.35. The van der Waals surface area contributed by atoms with Crippen LogP contribution < -0.4 is 14.8 Å². The smallest absolute Gasteiger partial charge is 0.165 e. The Morgan fingerprint density at radius 3 is 2.75 bits per heavy atom. The zero-order valence-electron chi connectivity index (χ0n) is 9.95. The first kappa shape index (κ1) is 12.6. The van der Waals surface area contributed by atoms with E-state index >= 15 is 0 Å². The number of hydrogen-bond donors (Lipinski definition) is 1. The lowest BCUT2D eigenvalue weighted by molar-refractivity contribution is 0.350. The van der Waals surface area contributed by atoms with Crippen LogP contribution in [0.15, 0.2) is 30.9 Å². The number of para-hydroxylation sites is 1. The highest BCUT2D eigenvalue weighted by atomic mass is 16.5. The Morgan fingerprint density at radius 1 is 1.31 bits per heavy atom. The molecule has 0 atom stereocenters. The molecule has 0 amide bonds. The van der Waals surface area contributed by atoms with Gasteiger partial charge >= 0.3 is 0 Å². The molecule has 0 saturated carbocycles. The SMILES string of the molecule is C=CCCNCc1cccc(OC)c1OC. The van der Waals surface area contributed by atoms with Crippen LogP contribution in [0.5, 0.6) is 11.5 Å². The molecule has 0 bridgehead atoms. The Bertz CT molecular complexity index is 337. The van der Waals surface area contributed by atoms with Gasteiger partial charge in [-0.3, -0.25) is 0 Å². The third-order valence-electron chi connectivity index (χ3n) is 2.33. The largest absolute Gasteiger partial charge is 0.493 e. The minimum absolute atomic E-state index is 0.769. The Balaban J connectivity index is 2.67. The van der Waals surface area contributed by atoms with Crippen molar-refractivity contribution in [2.45, 2.75) is 13.0 Å². The fraction of sp³-hybridized carbons (Fsp3) is 0.385. The van der Waals surface area contributed by atoms with Gasteiger partial charge in [-0.25, -0.2) is 0 Å². The molecule has 3 nitrogen and oxygen atoms in total. The second-order valence-electron chi connectivity index (χ2n) is 3.41. The lowest BCUT2D eigenvalue weighted by Crippen LogP contribution is -2.14. The van der Waals surface area contributed by atoms with Crippen LogP contribution >= 0.6 is 0 Å². The summed E-state index contributed by atoms with van der Waals surface area (Å²) in [5, 5.41) is 3.32. The predicted molar refractivity (Wildman–Crippen MR) is 66.1 cm³/mol. The van der Waals surface area contributed by atoms with Gasteiger partial charge < -0.3 is 14.8 Å². The number of hydrogen-bond acceptors (Lipinski definition) is 3. The zero-order chi connectivity index (χ0) is 11.8. The normalized spacial score (nSPS) is 9.88. The monoisotopic (exact) mass is 221 g/mol. The second-order valence-corrected chi connectivity index (χ2v) is 3.41. The van der Waals surface area contributed by atoms with Gasteiger partial charge in [0.15, 0.2) is 11.5 Å². The summed E-state index contributed by atoms with van der Waals surface area (Å²) in [5.74, 6) is 1.57. The summed E-state index contributed by atoms with van der Waals surface area (Å²) in [4.78, 5) is 0. The van der Waals surface area contributed by atoms with Crippen molar-refractivity contribution in [2.24, 2.45) is 0 Å². The van der Waals surface area contributed by atoms with Crippen molar-refractivity contribution in [3.63, 3.8) is 0 Å². The molecule has 1 aromatic rings. The van der Waals surface area contributed by atoms with Crippen LogP contribution in [0.4, 0.5) is 0 Å². The van der Waals surface area contributed by atoms with Crippen LogP contribution in [-0.4, -0.2) is 20.8 Å². The summed E-state index contributed by atoms with van der Waals surface area (Å²) in [5.41, 5.74) is 1.10. The van der Waals surface area contributed by atoms with Crippen molar-refractivity contribution in [2.75, 3.05) is 20.8 Å². The molecule has 0 aliphatic carbocycles. The highest BCUT2D eigenvalue weighted by Gasteiger charge is 2.08. The second kappa shape index (κ2) is 6.90. The van der Waals surface area contributed by atoms with Gasteiger partial charge in [0.1, 0.15) is 0 Å². The van der Waals surface area contributed by atoms with E-state index in [2.05, 4.69) is 11.9 Å². The van der Waals surface area contributed by atoms with Crippen LogP contribution in [0.1, 0.15) is 12.0 Å². The van der Waals surface area contributed by atoms with Gasteiger partial charge in [0.25, 0.3) is 0 Å². The molecule has 1 aromatic carbocycles. The number of methoxy groups -OCH3 is 2. The van der Waals surface area contributed by atoms with Gasteiger partial charge in [0.2, 0.25) is 0 Å². The fourth-order valence-corrected chi connectivity index (χ4v) is 1.52. The van der Waals surface area contributed by atoms with Crippen molar-refractivity contribution < 1.29 is 9.47 Å². The number of benzene rings is 1. The highest BCUT2D eigenvalue weighted by Crippen LogP contribution is 2.30. The molecule has 0 spiro atoms. The van der Waals surface area contributed by atoms with Gasteiger partial charge in [-0.2, -0.15) is 0 Å². The Hall–Kier alpha value is -1.48. The van der Waals surface area contributed by atoms with Crippen LogP contribution in [0.25, 0.3) is 0 Å². The summed E-state index contributed by atoms with van der Waals surface area (Å²) in [6.07, 6.45) is 2.86. The van der Waals surface area contributed by atoms with E-state index in [1.807, 2.05) is 24.3 Å². The summed E-state index contributed by atoms with van der Waals surface area (Å²) < 4.78 is 10.6. The van der Waals surface area contributed by atoms with Crippen LogP contribution in [-0.2, 0) is 6.54 Å². The summed E-state index contributed by atoms with van der Waals surface area (Å²) in [7, 11) is 3.30. The Labute approximate surface area is 97.1 Å². The molecule has 0 aromatic heterocycles. The molecule has 0 saturated heterocycles. The van der Waals surface area contributed by atoms with Gasteiger partial charge in [-0.05, 0) is 19.0 Å². The van der Waals surface area contributed by atoms with Crippen molar-refractivity contribution in [1.29, 1.82) is 0 Å². The average molecular weight is 221 g/mol. The summed E-state index contributed by atoms with van der Waals surface area (Å²) in [6, 6.07) is 5.89. The highest BCUT2D eigenvalue weighted by molar-refractivity contribution is 5.46. The molecular formula is C13H19NO2. The minimum atomic E-state index is 0.769. The van der Waals surface area contributed by atoms with Gasteiger partial charge in [0.05, 0.1) is 14.2 Å². The molecular weight excluding hydrogens is 202 g/mol. The van der Waals surface area contributed by atoms with Crippen LogP contribution in [0, 0.1) is 0 Å². The van der Waals surface area contributed by atoms with E-state index in [9.17, 15) is 0 Å². The minimum Gasteiger partial charge on any atom is -0.493 e. The molecule has 1 rings (SSSR count). The molecule has 3 heteroatoms. The number of nitrogens with one attached hydrogen (secondary N) is 1. The quantitative estimate of drug-likeness (QED) is 0.566. The third-order valence-corrected chi connectivity index (χ3v) is 2.33. The fourth-order valence-electron chi connectivity index (χ4n) is 1.52. The Kier molecular flexibility index (Phi) is 5.43. The van der Waals surface area contributed by atoms with Crippen molar-refractivity contribution in [3.05, 3.63) is 36.4 Å². The van der Waals surface area contributed by atoms with E-state index in [0.29, 0.717) is 0 Å². The lowest BCUT2D eigenvalue weighted by atomic mass is 10.2. The zero-order valence-corrected chi connectivity index (χ0v) is 9.95. The molecule has 0 fully saturated rings. The van der Waals surface area contributed by atoms with E-state index in [1.54, 1.807) is 14.2 Å². The first-order chi connectivity index (χ1) is 7.83. The maximum absolute atomic E-state index is 5.34. The van der Waals surface area contributed by atoms with E-state index < -0.39 is 0 Å². The summed E-state index contributed by atoms with van der Waals surface area (Å²) in [6.45, 7) is 5.37. The molecule has 1 N–H and O–H groups in total. The lowest BCUT2D eigenvalue weighted by Gasteiger charge is -2.12. The predicted octanol–water partition coefficient (Wildman–Crippen LogP) is 2.37. The van der Waals surface area contributed by atoms with E-state index in [1.165, 1.54) is 0 Å². The van der Waals surface area contributed by atoms with Crippen molar-refractivity contribution >= 4 is 0 Å². The molecule has 88 valence electrons. The van der Waals surface area contributed by atoms with Gasteiger partial charge in [-0.1, -0.05) is 18.2 Å². The topological polar surface area (TPSA) is 30.5 Å². The third kappa shape index (κ3) is 3.28. The number of ether oxygens (including phenoxy) is 2. The summed E-state index contributed by atoms with van der Waals surface area (Å²) >= 11 is 0. The average Bonchev–Trinajstić information content (AvgIpc) is 2.34. The molecule has 0 aliphatic rings. The molecule has 0 unspecified atom stereocenters. The van der Waals surface area contributed by atoms with Gasteiger partial charge in [0, 0.05) is 12.1 Å². The van der Waals surface area contributed by atoms with Crippen molar-refractivity contribution in [1.82, 2.24) is 5.32 Å². The maximum atomic E-state index is 5.34. The first-order valence-electron chi connectivity index (χ1n) is 5.35. The molecule has 16 heavy (non-hydrogen) atoms. The van der Waals surface area contributed by atoms with E-state index in [4.69, 9.17) is 9.47 Å². The maximum Gasteiger partial charge on any atom is 0.165 e. The van der Waals surface area contributed by atoms with E-state index in [-0.39, 0.29) is 0 Å². The van der Waals surface area contributed by atoms with Crippen LogP contribution in [0.3, 0.4) is 0 Å². The van der Waals surface area contributed by atoms with Crippen LogP contribution in [0.2, 0.25) is 0 Å². The van der Waals surface area contributed by atoms with Crippen molar-refractivity contribution in [3.8, 4) is 11.5 Å². The standard InChI is InChI=1S/C13H19NO2/c1-4-5-9-14-10-11-7-6-8-12(15-2)13(11)16-3/h4,6-8,14H,1,5,9-10H2,2-3H3. The van der Waals surface area contributed by atoms with E-state index in [0.717, 1.165) is 36.6 Å². The molecule has 0 heterocycles.